The number of fused-ring (bicyclic) bond motifs is 1. The molecule has 0 aliphatic heterocycles. The topological polar surface area (TPSA) is 125 Å². The third kappa shape index (κ3) is 2.80. The summed E-state index contributed by atoms with van der Waals surface area (Å²) < 4.78 is 4.88. The van der Waals surface area contributed by atoms with Crippen LogP contribution in [0.3, 0.4) is 0 Å². The zero-order chi connectivity index (χ0) is 18.9. The van der Waals surface area contributed by atoms with E-state index in [1.165, 1.54) is 18.6 Å². The summed E-state index contributed by atoms with van der Waals surface area (Å²) in [4.78, 5) is 16.4. The zero-order valence-electron chi connectivity index (χ0n) is 14.4. The lowest BCUT2D eigenvalue weighted by Crippen LogP contribution is -2.10. The smallest absolute Gasteiger partial charge is 0.294 e. The van der Waals surface area contributed by atoms with Crippen LogP contribution in [-0.2, 0) is 0 Å². The van der Waals surface area contributed by atoms with Gasteiger partial charge in [-0.15, -0.1) is 0 Å². The molecule has 5 aromatic rings. The van der Waals surface area contributed by atoms with Gasteiger partial charge in [-0.1, -0.05) is 17.3 Å². The highest BCUT2D eigenvalue weighted by Crippen LogP contribution is 2.30. The van der Waals surface area contributed by atoms with Gasteiger partial charge in [-0.2, -0.15) is 10.2 Å². The maximum atomic E-state index is 12.2. The minimum Gasteiger partial charge on any atom is -0.351 e. The van der Waals surface area contributed by atoms with Gasteiger partial charge >= 0.3 is 0 Å². The van der Waals surface area contributed by atoms with Crippen molar-refractivity contribution in [2.75, 3.05) is 5.32 Å². The van der Waals surface area contributed by atoms with E-state index in [4.69, 9.17) is 4.52 Å². The number of hydrogen-bond donors (Lipinski definition) is 3. The summed E-state index contributed by atoms with van der Waals surface area (Å²) in [7, 11) is 0. The predicted molar refractivity (Wildman–Crippen MR) is 101 cm³/mol. The fourth-order valence-corrected chi connectivity index (χ4v) is 2.99. The average Bonchev–Trinajstić information content (AvgIpc) is 3.49. The van der Waals surface area contributed by atoms with Crippen molar-refractivity contribution in [2.45, 2.75) is 0 Å². The summed E-state index contributed by atoms with van der Waals surface area (Å²) in [6.45, 7) is 0. The molecule has 0 bridgehead atoms. The van der Waals surface area contributed by atoms with Gasteiger partial charge in [-0.25, -0.2) is 4.98 Å². The number of nitrogens with zero attached hydrogens (tertiary/aromatic N) is 4. The maximum Gasteiger partial charge on any atom is 0.294 e. The highest BCUT2D eigenvalue weighted by atomic mass is 16.5. The first-order chi connectivity index (χ1) is 13.8. The Kier molecular flexibility index (Phi) is 3.68. The number of carbonyl (C=O) groups excluding carboxylic acids is 1. The van der Waals surface area contributed by atoms with Gasteiger partial charge in [0.25, 0.3) is 5.91 Å². The number of rotatable bonds is 4. The number of aromatic nitrogens is 6. The van der Waals surface area contributed by atoms with E-state index in [1.54, 1.807) is 6.07 Å². The average molecular weight is 371 g/mol. The first-order valence-electron chi connectivity index (χ1n) is 8.45. The van der Waals surface area contributed by atoms with Crippen LogP contribution in [0.2, 0.25) is 0 Å². The molecule has 2 aromatic carbocycles. The van der Waals surface area contributed by atoms with Crippen molar-refractivity contribution in [1.29, 1.82) is 0 Å². The fourth-order valence-electron chi connectivity index (χ4n) is 2.99. The Morgan fingerprint density at radius 1 is 1.04 bits per heavy atom. The van der Waals surface area contributed by atoms with Crippen LogP contribution in [0.5, 0.6) is 0 Å². The molecule has 3 heterocycles. The number of anilines is 1. The zero-order valence-corrected chi connectivity index (χ0v) is 14.4. The monoisotopic (exact) mass is 371 g/mol. The summed E-state index contributed by atoms with van der Waals surface area (Å²) in [5, 5.41) is 21.6. The molecule has 0 fully saturated rings. The van der Waals surface area contributed by atoms with Crippen LogP contribution < -0.4 is 5.32 Å². The van der Waals surface area contributed by atoms with Gasteiger partial charge in [0.15, 0.2) is 5.82 Å². The molecular weight excluding hydrogens is 358 g/mol. The third-order valence-electron chi connectivity index (χ3n) is 4.29. The summed E-state index contributed by atoms with van der Waals surface area (Å²) in [5.74, 6) is 0.391. The highest BCUT2D eigenvalue weighted by molar-refractivity contribution is 6.03. The van der Waals surface area contributed by atoms with Crippen molar-refractivity contribution in [3.05, 3.63) is 66.8 Å². The molecule has 3 aromatic heterocycles. The third-order valence-corrected chi connectivity index (χ3v) is 4.29. The standard InChI is InChI=1S/C19H13N7O2/c27-19(16-6-7-22-28-16)23-13-3-1-2-11(8-13)17-14-9-12(18-20-10-21-26-18)4-5-15(14)24-25-17/h1-10H,(H,23,27)(H,24,25)(H,20,21,26). The Bertz CT molecular complexity index is 1260. The normalized spacial score (nSPS) is 11.0. The molecule has 28 heavy (non-hydrogen) atoms. The molecule has 0 atom stereocenters. The minimum absolute atomic E-state index is 0.145. The summed E-state index contributed by atoms with van der Waals surface area (Å²) >= 11 is 0. The first-order valence-corrected chi connectivity index (χ1v) is 8.45. The number of benzene rings is 2. The Labute approximate surface area is 157 Å². The molecule has 0 saturated heterocycles. The number of amides is 1. The first kappa shape index (κ1) is 15.9. The Balaban J connectivity index is 1.51. The molecule has 1 amide bonds. The van der Waals surface area contributed by atoms with Gasteiger partial charge in [0, 0.05) is 28.3 Å². The molecule has 0 unspecified atom stereocenters. The van der Waals surface area contributed by atoms with Gasteiger partial charge in [0.1, 0.15) is 6.33 Å². The van der Waals surface area contributed by atoms with Crippen molar-refractivity contribution < 1.29 is 9.32 Å². The van der Waals surface area contributed by atoms with Crippen molar-refractivity contribution in [2.24, 2.45) is 0 Å². The molecule has 136 valence electrons. The second-order valence-corrected chi connectivity index (χ2v) is 6.07. The van der Waals surface area contributed by atoms with E-state index in [0.717, 1.165) is 27.7 Å². The van der Waals surface area contributed by atoms with Crippen molar-refractivity contribution >= 4 is 22.5 Å². The summed E-state index contributed by atoms with van der Waals surface area (Å²) in [6, 6.07) is 14.8. The van der Waals surface area contributed by atoms with E-state index in [2.05, 4.69) is 35.9 Å². The van der Waals surface area contributed by atoms with Gasteiger partial charge in [0.2, 0.25) is 5.76 Å². The lowest BCUT2D eigenvalue weighted by Gasteiger charge is -2.05. The molecule has 0 aliphatic rings. The van der Waals surface area contributed by atoms with E-state index >= 15 is 0 Å². The number of hydrogen-bond acceptors (Lipinski definition) is 6. The number of aromatic amines is 2. The molecule has 5 rings (SSSR count). The van der Waals surface area contributed by atoms with Crippen LogP contribution in [0.15, 0.2) is 65.6 Å². The van der Waals surface area contributed by atoms with Crippen LogP contribution >= 0.6 is 0 Å². The predicted octanol–water partition coefficient (Wildman–Crippen LogP) is 3.26. The van der Waals surface area contributed by atoms with Crippen LogP contribution in [0.1, 0.15) is 10.6 Å². The SMILES string of the molecule is O=C(Nc1cccc(-c2n[nH]c3ccc(-c4nc[nH]n4)cc23)c1)c1ccno1. The Morgan fingerprint density at radius 3 is 2.82 bits per heavy atom. The van der Waals surface area contributed by atoms with Crippen molar-refractivity contribution in [3.63, 3.8) is 0 Å². The largest absolute Gasteiger partial charge is 0.351 e. The maximum absolute atomic E-state index is 12.2. The molecule has 0 spiro atoms. The Hall–Kier alpha value is -4.27. The molecule has 9 nitrogen and oxygen atoms in total. The van der Waals surface area contributed by atoms with E-state index < -0.39 is 0 Å². The summed E-state index contributed by atoms with van der Waals surface area (Å²) in [5.41, 5.74) is 4.02. The number of H-pyrrole nitrogens is 2. The van der Waals surface area contributed by atoms with E-state index in [-0.39, 0.29) is 11.7 Å². The molecule has 0 radical (unpaired) electrons. The quantitative estimate of drug-likeness (QED) is 0.445. The van der Waals surface area contributed by atoms with E-state index in [9.17, 15) is 4.79 Å². The van der Waals surface area contributed by atoms with E-state index in [0.29, 0.717) is 11.5 Å². The van der Waals surface area contributed by atoms with Crippen LogP contribution in [0, 0.1) is 0 Å². The lowest BCUT2D eigenvalue weighted by molar-refractivity contribution is 0.0988. The van der Waals surface area contributed by atoms with Crippen LogP contribution in [0.25, 0.3) is 33.5 Å². The molecule has 9 heteroatoms. The van der Waals surface area contributed by atoms with Gasteiger partial charge < -0.3 is 9.84 Å². The number of carbonyl (C=O) groups is 1. The summed E-state index contributed by atoms with van der Waals surface area (Å²) in [6.07, 6.45) is 2.96. The highest BCUT2D eigenvalue weighted by Gasteiger charge is 2.13. The van der Waals surface area contributed by atoms with Gasteiger partial charge in [-0.3, -0.25) is 15.0 Å². The number of nitrogens with one attached hydrogen (secondary N) is 3. The van der Waals surface area contributed by atoms with E-state index in [1.807, 2.05) is 36.4 Å². The van der Waals surface area contributed by atoms with Crippen LogP contribution in [0.4, 0.5) is 5.69 Å². The van der Waals surface area contributed by atoms with Crippen LogP contribution in [-0.4, -0.2) is 36.4 Å². The molecular formula is C19H13N7O2. The second kappa shape index (κ2) is 6.47. The van der Waals surface area contributed by atoms with Gasteiger partial charge in [0.05, 0.1) is 17.4 Å². The van der Waals surface area contributed by atoms with Crippen molar-refractivity contribution in [1.82, 2.24) is 30.5 Å². The lowest BCUT2D eigenvalue weighted by atomic mass is 10.0. The second-order valence-electron chi connectivity index (χ2n) is 6.07. The van der Waals surface area contributed by atoms with Crippen molar-refractivity contribution in [3.8, 4) is 22.6 Å². The molecule has 3 N–H and O–H groups in total. The molecule has 0 saturated carbocycles. The minimum atomic E-state index is -0.367. The molecule has 0 aliphatic carbocycles. The fraction of sp³-hybridized carbons (Fsp3) is 0. The van der Waals surface area contributed by atoms with Gasteiger partial charge in [-0.05, 0) is 30.3 Å². The Morgan fingerprint density at radius 2 is 2.00 bits per heavy atom.